The Labute approximate surface area is 141 Å². The zero-order valence-corrected chi connectivity index (χ0v) is 16.0. The fourth-order valence-electron chi connectivity index (χ4n) is 1.05. The molecule has 0 aromatic heterocycles. The van der Waals surface area contributed by atoms with Gasteiger partial charge in [-0.05, 0) is 28.1 Å². The second-order valence-corrected chi connectivity index (χ2v) is 11.7. The highest BCUT2D eigenvalue weighted by Crippen LogP contribution is 2.53. The number of benzene rings is 1. The number of halogens is 5. The van der Waals surface area contributed by atoms with E-state index in [0.717, 1.165) is 0 Å². The van der Waals surface area contributed by atoms with Crippen molar-refractivity contribution in [3.8, 4) is 0 Å². The van der Waals surface area contributed by atoms with E-state index in [4.69, 9.17) is 0 Å². The van der Waals surface area contributed by atoms with Gasteiger partial charge in [0.2, 0.25) is 4.45 Å². The lowest BCUT2D eigenvalue weighted by molar-refractivity contribution is -0.138. The summed E-state index contributed by atoms with van der Waals surface area (Å²) in [6, 6.07) is 9.05. The molecule has 3 nitrogen and oxygen atoms in total. The maximum absolute atomic E-state index is 11.5. The average Bonchev–Trinajstić information content (AvgIpc) is 2.26. The third kappa shape index (κ3) is 3.26. The Morgan fingerprint density at radius 1 is 1.12 bits per heavy atom. The molecular weight excluding hydrogens is 554 g/mol. The highest BCUT2D eigenvalue weighted by Gasteiger charge is 2.56. The van der Waals surface area contributed by atoms with Gasteiger partial charge < -0.3 is 5.11 Å². The van der Waals surface area contributed by atoms with Crippen LogP contribution in [0.4, 0.5) is 5.69 Å². The van der Waals surface area contributed by atoms with Crippen LogP contribution in [0.1, 0.15) is 0 Å². The van der Waals surface area contributed by atoms with Crippen molar-refractivity contribution in [2.75, 3.05) is 3.93 Å². The molecule has 0 fully saturated rings. The Bertz CT molecular complexity index is 408. The topological polar surface area (TPSA) is 40.5 Å². The van der Waals surface area contributed by atoms with Crippen LogP contribution in [0, 0.1) is 0 Å². The summed E-state index contributed by atoms with van der Waals surface area (Å²) in [7, 11) is 0. The highest BCUT2D eigenvalue weighted by molar-refractivity contribution is 9.40. The number of aliphatic carboxylic acids is 1. The minimum absolute atomic E-state index is 0.689. The molecule has 0 spiro atoms. The van der Waals surface area contributed by atoms with Crippen molar-refractivity contribution in [1.29, 1.82) is 0 Å². The third-order valence-electron chi connectivity index (χ3n) is 1.91. The molecular formula is C9H6Br5NO2. The first-order chi connectivity index (χ1) is 7.71. The number of rotatable bonds is 3. The number of nitrogens with zero attached hydrogens (tertiary/aromatic N) is 1. The maximum atomic E-state index is 11.5. The minimum Gasteiger partial charge on any atom is -0.479 e. The van der Waals surface area contributed by atoms with E-state index in [1.807, 2.05) is 18.2 Å². The van der Waals surface area contributed by atoms with Gasteiger partial charge in [-0.2, -0.15) is 0 Å². The molecule has 0 heterocycles. The molecule has 1 N–H and O–H groups in total. The van der Waals surface area contributed by atoms with Gasteiger partial charge in [-0.1, -0.05) is 66.0 Å². The zero-order chi connectivity index (χ0) is 13.3. The van der Waals surface area contributed by atoms with Crippen LogP contribution in [0.15, 0.2) is 30.3 Å². The first kappa shape index (κ1) is 15.9. The van der Waals surface area contributed by atoms with Crippen LogP contribution in [0.5, 0.6) is 0 Å². The standard InChI is InChI=1S/C9H6Br5NO2/c10-8(7(16)17,9(11,12)13)15(14)6-4-2-1-3-5-6/h1-5H,(H,16,17)/t8-/m1/s1. The number of carboxylic acids is 1. The highest BCUT2D eigenvalue weighted by atomic mass is 80.0. The monoisotopic (exact) mass is 555 g/mol. The summed E-state index contributed by atoms with van der Waals surface area (Å²) in [4.78, 5) is 11.5. The molecule has 1 aromatic carbocycles. The number of para-hydroxylation sites is 1. The Morgan fingerprint density at radius 2 is 1.59 bits per heavy atom. The summed E-state index contributed by atoms with van der Waals surface area (Å²) >= 11 is 16.2. The van der Waals surface area contributed by atoms with Crippen molar-refractivity contribution >= 4 is 91.5 Å². The zero-order valence-electron chi connectivity index (χ0n) is 8.08. The van der Waals surface area contributed by atoms with Crippen molar-refractivity contribution in [2.45, 2.75) is 6.59 Å². The van der Waals surface area contributed by atoms with E-state index in [0.29, 0.717) is 5.69 Å². The van der Waals surface area contributed by atoms with Gasteiger partial charge in [0.25, 0.3) is 0 Å². The largest absolute Gasteiger partial charge is 0.479 e. The number of carbonyl (C=O) groups is 1. The summed E-state index contributed by atoms with van der Waals surface area (Å²) in [6.07, 6.45) is 0. The predicted octanol–water partition coefficient (Wildman–Crippen LogP) is 4.82. The van der Waals surface area contributed by atoms with Crippen LogP contribution in [0.25, 0.3) is 0 Å². The number of carboxylic acid groups (broad SMARTS) is 1. The second-order valence-electron chi connectivity index (χ2n) is 3.04. The lowest BCUT2D eigenvalue weighted by Gasteiger charge is -2.38. The second kappa shape index (κ2) is 5.90. The van der Waals surface area contributed by atoms with E-state index in [9.17, 15) is 9.90 Å². The van der Waals surface area contributed by atoms with Crippen LogP contribution in [0.3, 0.4) is 0 Å². The molecule has 0 radical (unpaired) electrons. The van der Waals surface area contributed by atoms with Crippen LogP contribution in [-0.4, -0.2) is 17.7 Å². The maximum Gasteiger partial charge on any atom is 0.345 e. The molecule has 0 unspecified atom stereocenters. The van der Waals surface area contributed by atoms with E-state index >= 15 is 0 Å². The molecule has 0 amide bonds. The molecule has 94 valence electrons. The SMILES string of the molecule is O=C(O)[C@@](Br)(N(Br)c1ccccc1)C(Br)(Br)Br. The lowest BCUT2D eigenvalue weighted by Crippen LogP contribution is -2.54. The number of anilines is 1. The van der Waals surface area contributed by atoms with Crippen LogP contribution in [-0.2, 0) is 4.79 Å². The van der Waals surface area contributed by atoms with Gasteiger partial charge in [0.05, 0.1) is 16.1 Å². The van der Waals surface area contributed by atoms with Gasteiger partial charge in [-0.25, -0.2) is 4.79 Å². The molecule has 0 aliphatic heterocycles. The van der Waals surface area contributed by atoms with E-state index < -0.39 is 12.6 Å². The van der Waals surface area contributed by atoms with Crippen LogP contribution in [0.2, 0.25) is 0 Å². The van der Waals surface area contributed by atoms with Crippen LogP contribution < -0.4 is 3.93 Å². The lowest BCUT2D eigenvalue weighted by atomic mass is 10.2. The molecule has 17 heavy (non-hydrogen) atoms. The van der Waals surface area contributed by atoms with Crippen molar-refractivity contribution in [2.24, 2.45) is 0 Å². The first-order valence-corrected chi connectivity index (χ1v) is 8.09. The van der Waals surface area contributed by atoms with E-state index in [1.165, 1.54) is 3.93 Å². The Balaban J connectivity index is 3.23. The Kier molecular flexibility index (Phi) is 5.53. The molecule has 8 heteroatoms. The van der Waals surface area contributed by atoms with Gasteiger partial charge >= 0.3 is 5.97 Å². The van der Waals surface area contributed by atoms with Crippen molar-refractivity contribution in [1.82, 2.24) is 0 Å². The third-order valence-corrected chi connectivity index (χ3v) is 7.94. The number of hydrogen-bond donors (Lipinski definition) is 1. The van der Waals surface area contributed by atoms with Crippen molar-refractivity contribution in [3.05, 3.63) is 30.3 Å². The van der Waals surface area contributed by atoms with Gasteiger partial charge in [-0.3, -0.25) is 3.93 Å². The smallest absolute Gasteiger partial charge is 0.345 e. The summed E-state index contributed by atoms with van der Waals surface area (Å²) in [5, 5.41) is 9.39. The van der Waals surface area contributed by atoms with Gasteiger partial charge in [0, 0.05) is 5.69 Å². The summed E-state index contributed by atoms with van der Waals surface area (Å²) in [6.45, 7) is 0. The molecule has 0 aliphatic carbocycles. The number of hydrogen-bond acceptors (Lipinski definition) is 2. The summed E-state index contributed by atoms with van der Waals surface area (Å²) < 4.78 is -1.12. The molecule has 0 saturated carbocycles. The molecule has 1 aromatic rings. The number of alkyl halides is 4. The van der Waals surface area contributed by atoms with Gasteiger partial charge in [0.1, 0.15) is 0 Å². The van der Waals surface area contributed by atoms with Crippen molar-refractivity contribution in [3.63, 3.8) is 0 Å². The summed E-state index contributed by atoms with van der Waals surface area (Å²) in [5.41, 5.74) is 0.689. The predicted molar refractivity (Wildman–Crippen MR) is 86.7 cm³/mol. The molecule has 0 aliphatic rings. The molecule has 0 saturated heterocycles. The molecule has 1 rings (SSSR count). The van der Waals surface area contributed by atoms with Crippen LogP contribution >= 0.6 is 79.9 Å². The molecule has 1 atom stereocenters. The summed E-state index contributed by atoms with van der Waals surface area (Å²) in [5.74, 6) is -1.08. The molecule has 0 bridgehead atoms. The first-order valence-electron chi connectivity index (χ1n) is 4.21. The minimum atomic E-state index is -1.47. The van der Waals surface area contributed by atoms with Crippen molar-refractivity contribution < 1.29 is 9.90 Å². The normalized spacial score (nSPS) is 15.1. The average molecular weight is 560 g/mol. The van der Waals surface area contributed by atoms with E-state index in [1.54, 1.807) is 12.1 Å². The fourth-order valence-corrected chi connectivity index (χ4v) is 3.67. The van der Waals surface area contributed by atoms with E-state index in [2.05, 4.69) is 79.9 Å². The van der Waals surface area contributed by atoms with Gasteiger partial charge in [0.15, 0.2) is 2.14 Å². The fraction of sp³-hybridized carbons (Fsp3) is 0.222. The Morgan fingerprint density at radius 3 is 1.94 bits per heavy atom. The van der Waals surface area contributed by atoms with Gasteiger partial charge in [-0.15, -0.1) is 0 Å². The van der Waals surface area contributed by atoms with E-state index in [-0.39, 0.29) is 0 Å². The Hall–Kier alpha value is 0.890. The quantitative estimate of drug-likeness (QED) is 0.328.